The van der Waals surface area contributed by atoms with E-state index in [0.29, 0.717) is 22.7 Å². The number of aromatic nitrogens is 3. The lowest BCUT2D eigenvalue weighted by molar-refractivity contribution is -0.136. The second-order valence-corrected chi connectivity index (χ2v) is 15.5. The molecule has 298 valence electrons. The van der Waals surface area contributed by atoms with Crippen LogP contribution in [0.3, 0.4) is 0 Å². The number of hydrogen-bond donors (Lipinski definition) is 4. The minimum absolute atomic E-state index is 0.0702. The number of amides is 5. The van der Waals surface area contributed by atoms with Gasteiger partial charge in [-0.2, -0.15) is 5.10 Å². The fraction of sp³-hybridized carbons (Fsp3) is 0.425. The molecular weight excluding hydrogens is 738 g/mol. The number of nitrogens with zero attached hydrogens (tertiary/aromatic N) is 5. The number of carbonyl (C=O) groups excluding carboxylic acids is 5. The van der Waals surface area contributed by atoms with Gasteiger partial charge in [-0.3, -0.25) is 28.9 Å². The van der Waals surface area contributed by atoms with Crippen molar-refractivity contribution in [2.24, 2.45) is 5.92 Å². The number of benzene rings is 2. The lowest BCUT2D eigenvalue weighted by atomic mass is 10.0. The summed E-state index contributed by atoms with van der Waals surface area (Å²) in [4.78, 5) is 75.4. The topological polar surface area (TPSA) is 171 Å². The van der Waals surface area contributed by atoms with E-state index in [1.54, 1.807) is 43.9 Å². The highest BCUT2D eigenvalue weighted by Crippen LogP contribution is 2.24. The Labute approximate surface area is 330 Å². The smallest absolute Gasteiger partial charge is 0.271 e. The molecule has 14 nitrogen and oxygen atoms in total. The van der Waals surface area contributed by atoms with Crippen molar-refractivity contribution in [1.82, 2.24) is 45.8 Å². The molecule has 0 fully saturated rings. The fourth-order valence-electron chi connectivity index (χ4n) is 6.51. The van der Waals surface area contributed by atoms with Crippen LogP contribution in [0.1, 0.15) is 71.7 Å². The van der Waals surface area contributed by atoms with Crippen molar-refractivity contribution in [3.8, 4) is 5.69 Å². The molecule has 0 aliphatic carbocycles. The second kappa shape index (κ2) is 18.4. The van der Waals surface area contributed by atoms with Gasteiger partial charge in [-0.1, -0.05) is 44.2 Å². The number of thiazole rings is 1. The predicted molar refractivity (Wildman–Crippen MR) is 210 cm³/mol. The first-order valence-electron chi connectivity index (χ1n) is 18.6. The number of carbonyl (C=O) groups is 5. The zero-order valence-corrected chi connectivity index (χ0v) is 33.6. The molecular formula is C40H50FN9O5S. The molecule has 0 saturated carbocycles. The summed E-state index contributed by atoms with van der Waals surface area (Å²) in [5.41, 5.74) is 3.87. The Morgan fingerprint density at radius 2 is 1.62 bits per heavy atom. The minimum atomic E-state index is -1.02. The zero-order chi connectivity index (χ0) is 40.7. The molecule has 5 amide bonds. The third-order valence-corrected chi connectivity index (χ3v) is 10.5. The normalized spacial score (nSPS) is 21.2. The molecule has 1 aliphatic rings. The van der Waals surface area contributed by atoms with Crippen LogP contribution in [0.25, 0.3) is 5.69 Å². The number of hydrogen-bond acceptors (Lipinski definition) is 9. The summed E-state index contributed by atoms with van der Waals surface area (Å²) in [6.07, 6.45) is 0.374. The van der Waals surface area contributed by atoms with Gasteiger partial charge in [0.15, 0.2) is 0 Å². The number of rotatable bonds is 6. The summed E-state index contributed by atoms with van der Waals surface area (Å²) < 4.78 is 16.6. The van der Waals surface area contributed by atoms with E-state index < -0.39 is 47.7 Å². The molecule has 2 aromatic heterocycles. The lowest BCUT2D eigenvalue weighted by Gasteiger charge is -2.29. The first-order valence-corrected chi connectivity index (χ1v) is 19.5. The molecule has 4 N–H and O–H groups in total. The Morgan fingerprint density at radius 1 is 0.893 bits per heavy atom. The molecule has 5 rings (SSSR count). The molecule has 4 atom stereocenters. The van der Waals surface area contributed by atoms with Crippen LogP contribution < -0.4 is 21.3 Å². The summed E-state index contributed by atoms with van der Waals surface area (Å²) in [5.74, 6) is -3.28. The first-order chi connectivity index (χ1) is 26.6. The number of fused-ring (bicyclic) bond motifs is 2. The average molecular weight is 788 g/mol. The lowest BCUT2D eigenvalue weighted by Crippen LogP contribution is -2.57. The largest absolute Gasteiger partial charge is 0.345 e. The molecule has 0 saturated heterocycles. The summed E-state index contributed by atoms with van der Waals surface area (Å²) in [6.45, 7) is 10.7. The third-order valence-electron chi connectivity index (χ3n) is 9.56. The summed E-state index contributed by atoms with van der Waals surface area (Å²) in [7, 11) is 1.60. The van der Waals surface area contributed by atoms with E-state index in [1.165, 1.54) is 35.3 Å². The van der Waals surface area contributed by atoms with E-state index in [1.807, 2.05) is 55.1 Å². The number of halogens is 1. The van der Waals surface area contributed by atoms with Crippen molar-refractivity contribution in [3.05, 3.63) is 99.0 Å². The van der Waals surface area contributed by atoms with Crippen LogP contribution in [0.15, 0.2) is 60.0 Å². The van der Waals surface area contributed by atoms with Crippen LogP contribution in [0.2, 0.25) is 0 Å². The molecule has 56 heavy (non-hydrogen) atoms. The van der Waals surface area contributed by atoms with Crippen LogP contribution >= 0.6 is 11.3 Å². The standard InChI is InChI=1S/C40H50FN9O5S/c1-23(2)35-38(54)43-27(6)40(55)48(7)15-16-49(20-29-19-30(41)13-14-33(29)50-25(4)17-24(3)47-50)21-34(51)44-31(18-28-11-9-8-10-12-28)39-45-32(22-56-39)37(53)42-26(5)36(52)46-35/h8-14,17,19,22-23,26-27,31,35H,15-16,18,20-21H2,1-7H3,(H,42,53)(H,43,54)(H,44,51)(H,46,52)/t26-,27+,31-,35-/m0/s1. The fourth-order valence-corrected chi connectivity index (χ4v) is 7.36. The van der Waals surface area contributed by atoms with Crippen molar-refractivity contribution in [1.29, 1.82) is 0 Å². The van der Waals surface area contributed by atoms with Gasteiger partial charge < -0.3 is 26.2 Å². The molecule has 0 spiro atoms. The van der Waals surface area contributed by atoms with Crippen LogP contribution in [0, 0.1) is 25.6 Å². The van der Waals surface area contributed by atoms with Gasteiger partial charge in [-0.25, -0.2) is 14.1 Å². The van der Waals surface area contributed by atoms with Crippen molar-refractivity contribution in [2.75, 3.05) is 26.7 Å². The number of nitrogens with one attached hydrogen (secondary N) is 4. The van der Waals surface area contributed by atoms with Crippen molar-refractivity contribution in [2.45, 2.75) is 78.7 Å². The van der Waals surface area contributed by atoms with Gasteiger partial charge in [0.1, 0.15) is 34.6 Å². The van der Waals surface area contributed by atoms with Crippen LogP contribution in [-0.4, -0.2) is 98.9 Å². The van der Waals surface area contributed by atoms with E-state index in [0.717, 1.165) is 17.0 Å². The maximum Gasteiger partial charge on any atom is 0.271 e. The van der Waals surface area contributed by atoms with Crippen molar-refractivity contribution < 1.29 is 28.4 Å². The summed E-state index contributed by atoms with van der Waals surface area (Å²) >= 11 is 1.20. The Hall–Kier alpha value is -5.48. The Morgan fingerprint density at radius 3 is 2.30 bits per heavy atom. The van der Waals surface area contributed by atoms with E-state index in [9.17, 15) is 28.4 Å². The molecule has 2 aromatic carbocycles. The van der Waals surface area contributed by atoms with Gasteiger partial charge in [-0.15, -0.1) is 11.3 Å². The predicted octanol–water partition coefficient (Wildman–Crippen LogP) is 3.22. The Kier molecular flexibility index (Phi) is 13.7. The average Bonchev–Trinajstić information content (AvgIpc) is 3.78. The van der Waals surface area contributed by atoms with Gasteiger partial charge in [0.05, 0.1) is 24.0 Å². The van der Waals surface area contributed by atoms with E-state index in [-0.39, 0.29) is 49.6 Å². The minimum Gasteiger partial charge on any atom is -0.345 e. The molecule has 2 bridgehead atoms. The Balaban J connectivity index is 1.50. The van der Waals surface area contributed by atoms with Gasteiger partial charge in [0.25, 0.3) is 5.91 Å². The van der Waals surface area contributed by atoms with Gasteiger partial charge in [-0.05, 0) is 75.4 Å². The summed E-state index contributed by atoms with van der Waals surface area (Å²) in [6, 6.07) is 12.3. The molecule has 1 aliphatic heterocycles. The zero-order valence-electron chi connectivity index (χ0n) is 32.8. The highest BCUT2D eigenvalue weighted by atomic mass is 32.1. The second-order valence-electron chi connectivity index (χ2n) is 14.6. The van der Waals surface area contributed by atoms with Crippen LogP contribution in [0.4, 0.5) is 4.39 Å². The van der Waals surface area contributed by atoms with Crippen molar-refractivity contribution in [3.63, 3.8) is 0 Å². The maximum atomic E-state index is 14.9. The monoisotopic (exact) mass is 787 g/mol. The molecule has 0 radical (unpaired) electrons. The Bertz CT molecular complexity index is 2050. The van der Waals surface area contributed by atoms with Crippen LogP contribution in [0.5, 0.6) is 0 Å². The molecule has 0 unspecified atom stereocenters. The highest BCUT2D eigenvalue weighted by molar-refractivity contribution is 7.09. The van der Waals surface area contributed by atoms with Gasteiger partial charge in [0.2, 0.25) is 23.6 Å². The number of likely N-dealkylation sites (N-methyl/N-ethyl adjacent to an activating group) is 1. The van der Waals surface area contributed by atoms with Crippen LogP contribution in [-0.2, 0) is 32.1 Å². The maximum absolute atomic E-state index is 14.9. The molecule has 3 heterocycles. The molecule has 4 aromatic rings. The SMILES string of the molecule is Cc1cc(C)n(-c2ccc(F)cc2CN2CCN(C)C(=O)[C@@H](C)NC(=O)[C@H](C(C)C)NC(=O)[C@H](C)NC(=O)c3csc(n3)[C@H](Cc3ccccc3)NC(=O)C2)n1. The van der Waals surface area contributed by atoms with E-state index in [2.05, 4.69) is 31.3 Å². The summed E-state index contributed by atoms with van der Waals surface area (Å²) in [5, 5.41) is 17.8. The first kappa shape index (κ1) is 41.7. The van der Waals surface area contributed by atoms with E-state index >= 15 is 0 Å². The number of aryl methyl sites for hydroxylation is 2. The third kappa shape index (κ3) is 10.6. The highest BCUT2D eigenvalue weighted by Gasteiger charge is 2.31. The quantitative estimate of drug-likeness (QED) is 0.231. The van der Waals surface area contributed by atoms with Gasteiger partial charge in [0, 0.05) is 37.8 Å². The van der Waals surface area contributed by atoms with E-state index in [4.69, 9.17) is 0 Å². The van der Waals surface area contributed by atoms with Gasteiger partial charge >= 0.3 is 0 Å². The van der Waals surface area contributed by atoms with Crippen molar-refractivity contribution >= 4 is 40.9 Å². The molecule has 16 heteroatoms.